The fraction of sp³-hybridized carbons (Fsp3) is 0.593. The fourth-order valence-electron chi connectivity index (χ4n) is 5.50. The van der Waals surface area contributed by atoms with E-state index in [1.54, 1.807) is 11.4 Å². The molecular formula is C27H30F3N5O5. The van der Waals surface area contributed by atoms with Gasteiger partial charge in [0.1, 0.15) is 23.9 Å². The number of carbonyl (C=O) groups excluding carboxylic acids is 4. The number of anilines is 1. The van der Waals surface area contributed by atoms with Crippen LogP contribution in [0.2, 0.25) is 0 Å². The minimum absolute atomic E-state index is 0.0780. The molecule has 4 amide bonds. The topological polar surface area (TPSA) is 132 Å². The first kappa shape index (κ1) is 27.7. The largest absolute Gasteiger partial charge is 0.473 e. The van der Waals surface area contributed by atoms with Gasteiger partial charge in [0.25, 0.3) is 5.91 Å². The Balaban J connectivity index is 1.37. The molecule has 1 aromatic rings. The minimum Gasteiger partial charge on any atom is -0.473 e. The number of halogens is 3. The zero-order valence-electron chi connectivity index (χ0n) is 22.1. The zero-order valence-corrected chi connectivity index (χ0v) is 22.1. The summed E-state index contributed by atoms with van der Waals surface area (Å²) in [6, 6.07) is 3.91. The average molecular weight is 562 g/mol. The summed E-state index contributed by atoms with van der Waals surface area (Å²) in [6.45, 7) is 0.886. The number of alkyl halides is 3. The van der Waals surface area contributed by atoms with E-state index in [4.69, 9.17) is 4.74 Å². The van der Waals surface area contributed by atoms with Gasteiger partial charge in [0.2, 0.25) is 17.4 Å². The van der Waals surface area contributed by atoms with E-state index in [2.05, 4.69) is 11.4 Å². The Kier molecular flexibility index (Phi) is 6.92. The maximum Gasteiger partial charge on any atom is 0.471 e. The number of likely N-dealkylation sites (tertiary alicyclic amines) is 1. The lowest BCUT2D eigenvalue weighted by Gasteiger charge is -2.36. The molecule has 0 aromatic heterocycles. The quantitative estimate of drug-likeness (QED) is 0.526. The number of fused-ring (bicyclic) bond motifs is 1. The highest BCUT2D eigenvalue weighted by Crippen LogP contribution is 2.50. The van der Waals surface area contributed by atoms with Gasteiger partial charge in [-0.15, -0.1) is 0 Å². The van der Waals surface area contributed by atoms with Crippen LogP contribution in [-0.2, 0) is 19.2 Å². The number of benzene rings is 1. The number of hydrogen-bond acceptors (Lipinski definition) is 6. The molecule has 2 unspecified atom stereocenters. The van der Waals surface area contributed by atoms with Gasteiger partial charge in [0, 0.05) is 13.5 Å². The molecule has 5 rings (SSSR count). The van der Waals surface area contributed by atoms with Crippen LogP contribution in [0.25, 0.3) is 0 Å². The first-order valence-corrected chi connectivity index (χ1v) is 13.3. The number of rotatable bonds is 7. The third-order valence-corrected chi connectivity index (χ3v) is 8.11. The van der Waals surface area contributed by atoms with Crippen LogP contribution in [-0.4, -0.2) is 76.9 Å². The second-order valence-electron chi connectivity index (χ2n) is 11.2. The highest BCUT2D eigenvalue weighted by molar-refractivity contribution is 6.02. The molecule has 1 aromatic carbocycles. The van der Waals surface area contributed by atoms with Crippen molar-refractivity contribution in [3.05, 3.63) is 23.8 Å². The molecule has 1 saturated heterocycles. The van der Waals surface area contributed by atoms with Crippen LogP contribution >= 0.6 is 0 Å². The number of para-hydroxylation sites is 1. The molecule has 4 atom stereocenters. The highest BCUT2D eigenvalue weighted by Gasteiger charge is 2.57. The number of carbonyl (C=O) groups is 4. The molecule has 2 N–H and O–H groups in total. The molecule has 4 aliphatic rings. The molecule has 0 bridgehead atoms. The normalized spacial score (nSPS) is 25.2. The SMILES string of the molecule is CC(NC(=O)C(F)(F)F)C(=O)N(C)C(CC1CC1)C(=O)N1C[C@@]2(C[C@H]1C#N)Oc1c(cccc1C1CC1)NC2=O. The van der Waals surface area contributed by atoms with Crippen molar-refractivity contribution in [3.63, 3.8) is 0 Å². The Morgan fingerprint density at radius 2 is 1.98 bits per heavy atom. The number of hydrogen-bond donors (Lipinski definition) is 2. The van der Waals surface area contributed by atoms with E-state index < -0.39 is 53.5 Å². The fourth-order valence-corrected chi connectivity index (χ4v) is 5.50. The van der Waals surface area contributed by atoms with Gasteiger partial charge in [-0.05, 0) is 49.7 Å². The maximum atomic E-state index is 13.9. The van der Waals surface area contributed by atoms with E-state index in [-0.39, 0.29) is 25.3 Å². The molecule has 13 heteroatoms. The van der Waals surface area contributed by atoms with E-state index in [0.29, 0.717) is 17.4 Å². The Bertz CT molecular complexity index is 1290. The monoisotopic (exact) mass is 561 g/mol. The number of nitriles is 1. The Morgan fingerprint density at radius 3 is 2.58 bits per heavy atom. The summed E-state index contributed by atoms with van der Waals surface area (Å²) in [5, 5.41) is 14.5. The summed E-state index contributed by atoms with van der Waals surface area (Å²) in [5.74, 6) is -3.24. The zero-order chi connectivity index (χ0) is 29.0. The molecule has 214 valence electrons. The lowest BCUT2D eigenvalue weighted by molar-refractivity contribution is -0.175. The Labute approximate surface area is 228 Å². The molecule has 3 fully saturated rings. The van der Waals surface area contributed by atoms with Gasteiger partial charge in [-0.25, -0.2) is 0 Å². The van der Waals surface area contributed by atoms with Gasteiger partial charge in [0.15, 0.2) is 0 Å². The van der Waals surface area contributed by atoms with E-state index in [1.165, 1.54) is 11.9 Å². The van der Waals surface area contributed by atoms with E-state index in [1.807, 2.05) is 12.1 Å². The van der Waals surface area contributed by atoms with Crippen molar-refractivity contribution in [2.75, 3.05) is 18.9 Å². The average Bonchev–Trinajstić information content (AvgIpc) is 3.84. The molecule has 2 heterocycles. The summed E-state index contributed by atoms with van der Waals surface area (Å²) in [5.41, 5.74) is -0.0125. The van der Waals surface area contributed by atoms with Crippen LogP contribution in [0.5, 0.6) is 5.75 Å². The van der Waals surface area contributed by atoms with Crippen LogP contribution < -0.4 is 15.4 Å². The van der Waals surface area contributed by atoms with Gasteiger partial charge < -0.3 is 25.2 Å². The molecule has 0 radical (unpaired) electrons. The summed E-state index contributed by atoms with van der Waals surface area (Å²) in [6.07, 6.45) is -1.36. The predicted octanol–water partition coefficient (Wildman–Crippen LogP) is 2.45. The van der Waals surface area contributed by atoms with Crippen LogP contribution in [0.4, 0.5) is 18.9 Å². The predicted molar refractivity (Wildman–Crippen MR) is 134 cm³/mol. The van der Waals surface area contributed by atoms with E-state index in [9.17, 15) is 37.6 Å². The van der Waals surface area contributed by atoms with Gasteiger partial charge in [0.05, 0.1) is 18.3 Å². The maximum absolute atomic E-state index is 13.9. The number of amides is 4. The third-order valence-electron chi connectivity index (χ3n) is 8.11. The number of ether oxygens (including phenoxy) is 1. The molecule has 10 nitrogen and oxygen atoms in total. The first-order valence-electron chi connectivity index (χ1n) is 13.3. The second kappa shape index (κ2) is 9.98. The van der Waals surface area contributed by atoms with Gasteiger partial charge >= 0.3 is 12.1 Å². The number of likely N-dealkylation sites (N-methyl/N-ethyl adjacent to an activating group) is 1. The van der Waals surface area contributed by atoms with Crippen LogP contribution in [0, 0.1) is 17.2 Å². The van der Waals surface area contributed by atoms with Crippen LogP contribution in [0.15, 0.2) is 18.2 Å². The second-order valence-corrected chi connectivity index (χ2v) is 11.2. The van der Waals surface area contributed by atoms with Crippen molar-refractivity contribution >= 4 is 29.3 Å². The molecule has 1 spiro atoms. The van der Waals surface area contributed by atoms with Gasteiger partial charge in [-0.1, -0.05) is 25.0 Å². The Morgan fingerprint density at radius 1 is 1.27 bits per heavy atom. The number of nitrogens with one attached hydrogen (secondary N) is 2. The molecule has 2 aliphatic heterocycles. The summed E-state index contributed by atoms with van der Waals surface area (Å²) in [4.78, 5) is 53.9. The van der Waals surface area contributed by atoms with Crippen molar-refractivity contribution in [2.24, 2.45) is 5.92 Å². The van der Waals surface area contributed by atoms with Crippen molar-refractivity contribution in [3.8, 4) is 11.8 Å². The van der Waals surface area contributed by atoms with Crippen molar-refractivity contribution < 1.29 is 37.1 Å². The third kappa shape index (κ3) is 5.19. The minimum atomic E-state index is -5.17. The highest BCUT2D eigenvalue weighted by atomic mass is 19.4. The standard InChI is InChI=1S/C27H30F3N5O5/c1-14(32-25(39)27(28,29)30)22(36)34(2)20(10-15-6-7-15)23(37)35-13-26(11-17(35)12-31)24(38)33-19-5-3-4-18(16-8-9-16)21(19)40-26/h3-5,14-17,20H,6-11,13H2,1-2H3,(H,32,39)(H,33,38)/t14?,17-,20?,26+/m0/s1. The first-order chi connectivity index (χ1) is 18.8. The Hall–Kier alpha value is -3.82. The summed E-state index contributed by atoms with van der Waals surface area (Å²) >= 11 is 0. The van der Waals surface area contributed by atoms with Crippen molar-refractivity contribution in [1.29, 1.82) is 5.26 Å². The van der Waals surface area contributed by atoms with Crippen molar-refractivity contribution in [2.45, 2.75) is 81.3 Å². The molecular weight excluding hydrogens is 531 g/mol. The van der Waals surface area contributed by atoms with Gasteiger partial charge in [-0.3, -0.25) is 19.2 Å². The summed E-state index contributed by atoms with van der Waals surface area (Å²) < 4.78 is 44.5. The lowest BCUT2D eigenvalue weighted by atomic mass is 9.95. The van der Waals surface area contributed by atoms with Crippen molar-refractivity contribution in [1.82, 2.24) is 15.1 Å². The summed E-state index contributed by atoms with van der Waals surface area (Å²) in [7, 11) is 1.29. The van der Waals surface area contributed by atoms with E-state index in [0.717, 1.165) is 43.1 Å². The van der Waals surface area contributed by atoms with E-state index >= 15 is 0 Å². The van der Waals surface area contributed by atoms with Crippen LogP contribution in [0.1, 0.15) is 56.9 Å². The lowest BCUT2D eigenvalue weighted by Crippen LogP contribution is -2.57. The molecule has 40 heavy (non-hydrogen) atoms. The number of nitrogens with zero attached hydrogens (tertiary/aromatic N) is 3. The molecule has 2 saturated carbocycles. The molecule has 2 aliphatic carbocycles. The smallest absolute Gasteiger partial charge is 0.471 e. The van der Waals surface area contributed by atoms with Crippen LogP contribution in [0.3, 0.4) is 0 Å². The van der Waals surface area contributed by atoms with Gasteiger partial charge in [-0.2, -0.15) is 18.4 Å².